The molecule has 0 fully saturated rings. The van der Waals surface area contributed by atoms with Gasteiger partial charge in [-0.05, 0) is 36.2 Å². The fraction of sp³-hybridized carbons (Fsp3) is 0.300. The van der Waals surface area contributed by atoms with E-state index in [1.807, 2.05) is 48.5 Å². The van der Waals surface area contributed by atoms with Gasteiger partial charge in [0.05, 0.1) is 13.7 Å². The minimum absolute atomic E-state index is 0.199. The molecule has 0 bridgehead atoms. The summed E-state index contributed by atoms with van der Waals surface area (Å²) in [6.45, 7) is 1.79. The van der Waals surface area contributed by atoms with Crippen LogP contribution in [0.15, 0.2) is 52.9 Å². The molecule has 2 aromatic carbocycles. The molecule has 0 aliphatic heterocycles. The Bertz CT molecular complexity index is 809. The molecule has 0 amide bonds. The van der Waals surface area contributed by atoms with Crippen molar-refractivity contribution in [1.29, 1.82) is 0 Å². The molecule has 3 aromatic rings. The van der Waals surface area contributed by atoms with Gasteiger partial charge in [0.1, 0.15) is 17.9 Å². The van der Waals surface area contributed by atoms with Crippen molar-refractivity contribution < 1.29 is 18.7 Å². The van der Waals surface area contributed by atoms with Crippen LogP contribution in [0.5, 0.6) is 5.75 Å². The van der Waals surface area contributed by atoms with E-state index < -0.39 is 0 Å². The Hall–Kier alpha value is -2.86. The van der Waals surface area contributed by atoms with E-state index in [4.69, 9.17) is 9.15 Å². The number of nitrogens with one attached hydrogen (secondary N) is 1. The minimum Gasteiger partial charge on any atom is -0.492 e. The molecule has 136 valence electrons. The molecule has 0 saturated carbocycles. The Morgan fingerprint density at radius 1 is 1.15 bits per heavy atom. The van der Waals surface area contributed by atoms with Gasteiger partial charge in [0.15, 0.2) is 5.58 Å². The quantitative estimate of drug-likeness (QED) is 0.470. The second-order valence-electron chi connectivity index (χ2n) is 5.82. The van der Waals surface area contributed by atoms with Crippen LogP contribution < -0.4 is 10.1 Å². The maximum absolute atomic E-state index is 11.1. The van der Waals surface area contributed by atoms with Crippen molar-refractivity contribution in [1.82, 2.24) is 10.3 Å². The molecule has 0 spiro atoms. The summed E-state index contributed by atoms with van der Waals surface area (Å²) in [5.74, 6) is 1.27. The summed E-state index contributed by atoms with van der Waals surface area (Å²) in [4.78, 5) is 15.6. The largest absolute Gasteiger partial charge is 0.492 e. The van der Waals surface area contributed by atoms with Gasteiger partial charge in [0.25, 0.3) is 0 Å². The minimum atomic E-state index is -0.199. The molecule has 0 aliphatic carbocycles. The van der Waals surface area contributed by atoms with Crippen LogP contribution in [0.25, 0.3) is 11.1 Å². The third-order valence-corrected chi connectivity index (χ3v) is 3.93. The number of carbonyl (C=O) groups is 1. The molecule has 6 nitrogen and oxygen atoms in total. The van der Waals surface area contributed by atoms with E-state index in [0.29, 0.717) is 38.4 Å². The fourth-order valence-corrected chi connectivity index (χ4v) is 2.53. The standard InChI is InChI=1S/C20H22N2O4/c1-24-20(23)11-8-15-6-9-16(10-7-15)25-13-12-21-14-19-22-17-4-2-3-5-18(17)26-19/h2-7,9-10,21H,8,11-14H2,1H3. The van der Waals surface area contributed by atoms with Crippen molar-refractivity contribution in [3.8, 4) is 5.75 Å². The molecule has 6 heteroatoms. The number of fused-ring (bicyclic) bond motifs is 1. The smallest absolute Gasteiger partial charge is 0.305 e. The van der Waals surface area contributed by atoms with Crippen molar-refractivity contribution >= 4 is 17.1 Å². The van der Waals surface area contributed by atoms with Crippen molar-refractivity contribution in [2.45, 2.75) is 19.4 Å². The maximum Gasteiger partial charge on any atom is 0.305 e. The zero-order valence-electron chi connectivity index (χ0n) is 14.7. The molecule has 0 saturated heterocycles. The lowest BCUT2D eigenvalue weighted by molar-refractivity contribution is -0.140. The molecule has 1 heterocycles. The summed E-state index contributed by atoms with van der Waals surface area (Å²) in [6, 6.07) is 15.5. The number of benzene rings is 2. The molecule has 1 N–H and O–H groups in total. The number of esters is 1. The van der Waals surface area contributed by atoms with Gasteiger partial charge in [-0.15, -0.1) is 0 Å². The molecule has 0 atom stereocenters. The van der Waals surface area contributed by atoms with Gasteiger partial charge >= 0.3 is 5.97 Å². The van der Waals surface area contributed by atoms with E-state index in [9.17, 15) is 4.79 Å². The second-order valence-corrected chi connectivity index (χ2v) is 5.82. The van der Waals surface area contributed by atoms with E-state index >= 15 is 0 Å². The molecule has 1 aromatic heterocycles. The Balaban J connectivity index is 1.36. The molecular weight excluding hydrogens is 332 g/mol. The first-order valence-corrected chi connectivity index (χ1v) is 8.58. The molecule has 0 radical (unpaired) electrons. The van der Waals surface area contributed by atoms with Crippen LogP contribution in [0, 0.1) is 0 Å². The highest BCUT2D eigenvalue weighted by molar-refractivity contribution is 5.72. The third kappa shape index (κ3) is 5.07. The maximum atomic E-state index is 11.1. The lowest BCUT2D eigenvalue weighted by atomic mass is 10.1. The van der Waals surface area contributed by atoms with E-state index in [1.165, 1.54) is 7.11 Å². The number of rotatable bonds is 9. The zero-order valence-corrected chi connectivity index (χ0v) is 14.7. The second kappa shape index (κ2) is 9.01. The van der Waals surface area contributed by atoms with E-state index in [0.717, 1.165) is 22.4 Å². The van der Waals surface area contributed by atoms with Crippen molar-refractivity contribution in [2.24, 2.45) is 0 Å². The van der Waals surface area contributed by atoms with Gasteiger partial charge in [0, 0.05) is 13.0 Å². The highest BCUT2D eigenvalue weighted by atomic mass is 16.5. The molecule has 3 rings (SSSR count). The number of methoxy groups -OCH3 is 1. The number of hydrogen-bond acceptors (Lipinski definition) is 6. The summed E-state index contributed by atoms with van der Waals surface area (Å²) < 4.78 is 16.0. The Labute approximate surface area is 152 Å². The van der Waals surface area contributed by atoms with Gasteiger partial charge in [-0.3, -0.25) is 4.79 Å². The summed E-state index contributed by atoms with van der Waals surface area (Å²) in [5.41, 5.74) is 2.75. The van der Waals surface area contributed by atoms with Crippen LogP contribution in [-0.4, -0.2) is 31.2 Å². The summed E-state index contributed by atoms with van der Waals surface area (Å²) >= 11 is 0. The molecular formula is C20H22N2O4. The van der Waals surface area contributed by atoms with Crippen LogP contribution in [0.2, 0.25) is 0 Å². The Morgan fingerprint density at radius 3 is 2.73 bits per heavy atom. The summed E-state index contributed by atoms with van der Waals surface area (Å²) in [7, 11) is 1.40. The fourth-order valence-electron chi connectivity index (χ4n) is 2.53. The molecule has 26 heavy (non-hydrogen) atoms. The van der Waals surface area contributed by atoms with Gasteiger partial charge < -0.3 is 19.2 Å². The first kappa shape index (κ1) is 17.9. The number of ether oxygens (including phenoxy) is 2. The predicted molar refractivity (Wildman–Crippen MR) is 98.0 cm³/mol. The van der Waals surface area contributed by atoms with Crippen molar-refractivity contribution in [2.75, 3.05) is 20.3 Å². The summed E-state index contributed by atoms with van der Waals surface area (Å²) in [5, 5.41) is 3.25. The molecule has 0 aliphatic rings. The number of nitrogens with zero attached hydrogens (tertiary/aromatic N) is 1. The predicted octanol–water partition coefficient (Wildman–Crippen LogP) is 3.10. The first-order valence-electron chi connectivity index (χ1n) is 8.58. The summed E-state index contributed by atoms with van der Waals surface area (Å²) in [6.07, 6.45) is 1.05. The lowest BCUT2D eigenvalue weighted by Gasteiger charge is -2.07. The van der Waals surface area contributed by atoms with Gasteiger partial charge in [0.2, 0.25) is 5.89 Å². The van der Waals surface area contributed by atoms with Crippen LogP contribution in [0.3, 0.4) is 0 Å². The SMILES string of the molecule is COC(=O)CCc1ccc(OCCNCc2nc3ccccc3o2)cc1. The Morgan fingerprint density at radius 2 is 1.96 bits per heavy atom. The normalized spacial score (nSPS) is 10.8. The monoisotopic (exact) mass is 354 g/mol. The van der Waals surface area contributed by atoms with Crippen LogP contribution >= 0.6 is 0 Å². The van der Waals surface area contributed by atoms with Gasteiger partial charge in [-0.2, -0.15) is 0 Å². The van der Waals surface area contributed by atoms with E-state index in [-0.39, 0.29) is 5.97 Å². The first-order chi connectivity index (χ1) is 12.7. The number of oxazole rings is 1. The topological polar surface area (TPSA) is 73.6 Å². The number of aryl methyl sites for hydroxylation is 1. The van der Waals surface area contributed by atoms with E-state index in [1.54, 1.807) is 0 Å². The van der Waals surface area contributed by atoms with Crippen LogP contribution in [0.1, 0.15) is 17.9 Å². The number of aromatic nitrogens is 1. The Kier molecular flexibility index (Phi) is 6.22. The van der Waals surface area contributed by atoms with Crippen LogP contribution in [-0.2, 0) is 22.5 Å². The number of carbonyl (C=O) groups excluding carboxylic acids is 1. The highest BCUT2D eigenvalue weighted by Crippen LogP contribution is 2.15. The van der Waals surface area contributed by atoms with E-state index in [2.05, 4.69) is 15.0 Å². The van der Waals surface area contributed by atoms with Crippen molar-refractivity contribution in [3.63, 3.8) is 0 Å². The average molecular weight is 354 g/mol. The number of para-hydroxylation sites is 2. The van der Waals surface area contributed by atoms with Crippen molar-refractivity contribution in [3.05, 3.63) is 60.0 Å². The third-order valence-electron chi connectivity index (χ3n) is 3.93. The lowest BCUT2D eigenvalue weighted by Crippen LogP contribution is -2.20. The molecule has 0 unspecified atom stereocenters. The van der Waals surface area contributed by atoms with Crippen LogP contribution in [0.4, 0.5) is 0 Å². The zero-order chi connectivity index (χ0) is 18.2. The average Bonchev–Trinajstić information content (AvgIpc) is 3.09. The number of hydrogen-bond donors (Lipinski definition) is 1. The highest BCUT2D eigenvalue weighted by Gasteiger charge is 2.04. The van der Waals surface area contributed by atoms with Gasteiger partial charge in [-0.1, -0.05) is 24.3 Å². The van der Waals surface area contributed by atoms with Gasteiger partial charge in [-0.25, -0.2) is 4.98 Å².